The van der Waals surface area contributed by atoms with E-state index >= 15 is 0 Å². The first-order chi connectivity index (χ1) is 10.6. The highest BCUT2D eigenvalue weighted by atomic mass is 16.5. The van der Waals surface area contributed by atoms with Crippen LogP contribution in [0.2, 0.25) is 0 Å². The average molecular weight is 300 g/mol. The normalized spacial score (nSPS) is 39.8. The number of benzene rings is 1. The van der Waals surface area contributed by atoms with Crippen molar-refractivity contribution >= 4 is 0 Å². The van der Waals surface area contributed by atoms with E-state index in [0.717, 1.165) is 24.0 Å². The van der Waals surface area contributed by atoms with E-state index in [9.17, 15) is 5.11 Å². The average Bonchev–Trinajstić information content (AvgIpc) is 2.83. The fraction of sp³-hybridized carbons (Fsp3) is 0.700. The van der Waals surface area contributed by atoms with Crippen LogP contribution >= 0.6 is 0 Å². The zero-order valence-corrected chi connectivity index (χ0v) is 14.1. The number of rotatable bonds is 1. The van der Waals surface area contributed by atoms with Gasteiger partial charge in [0, 0.05) is 0 Å². The fourth-order valence-electron chi connectivity index (χ4n) is 6.02. The molecule has 1 N–H and O–H groups in total. The largest absolute Gasteiger partial charge is 0.496 e. The molecular formula is C20H28O2. The third kappa shape index (κ3) is 1.83. The van der Waals surface area contributed by atoms with Crippen molar-refractivity contribution in [3.8, 4) is 5.75 Å². The van der Waals surface area contributed by atoms with Gasteiger partial charge in [-0.25, -0.2) is 0 Å². The van der Waals surface area contributed by atoms with Crippen molar-refractivity contribution in [2.45, 2.75) is 64.4 Å². The number of hydrogen-bond donors (Lipinski definition) is 1. The maximum atomic E-state index is 10.5. The van der Waals surface area contributed by atoms with E-state index in [2.05, 4.69) is 26.0 Å². The molecule has 0 bridgehead atoms. The second kappa shape index (κ2) is 4.99. The number of methoxy groups -OCH3 is 1. The molecule has 120 valence electrons. The van der Waals surface area contributed by atoms with Crippen LogP contribution in [0.1, 0.15) is 61.6 Å². The summed E-state index contributed by atoms with van der Waals surface area (Å²) < 4.78 is 5.51. The first kappa shape index (κ1) is 14.6. The molecule has 0 amide bonds. The van der Waals surface area contributed by atoms with Gasteiger partial charge in [0.1, 0.15) is 5.75 Å². The molecule has 0 radical (unpaired) electrons. The molecule has 2 fully saturated rings. The monoisotopic (exact) mass is 300 g/mol. The van der Waals surface area contributed by atoms with E-state index in [1.807, 2.05) is 0 Å². The maximum absolute atomic E-state index is 10.5. The van der Waals surface area contributed by atoms with Crippen molar-refractivity contribution in [1.82, 2.24) is 0 Å². The molecule has 0 saturated heterocycles. The van der Waals surface area contributed by atoms with Crippen molar-refractivity contribution in [2.24, 2.45) is 17.3 Å². The summed E-state index contributed by atoms with van der Waals surface area (Å²) in [4.78, 5) is 0. The van der Waals surface area contributed by atoms with Crippen LogP contribution in [0.25, 0.3) is 0 Å². The van der Waals surface area contributed by atoms with Gasteiger partial charge >= 0.3 is 0 Å². The molecule has 22 heavy (non-hydrogen) atoms. The molecule has 5 atom stereocenters. The van der Waals surface area contributed by atoms with Crippen LogP contribution in [0.4, 0.5) is 0 Å². The molecule has 0 aromatic heterocycles. The van der Waals surface area contributed by atoms with Gasteiger partial charge in [-0.2, -0.15) is 0 Å². The van der Waals surface area contributed by atoms with Crippen LogP contribution in [0.3, 0.4) is 0 Å². The molecular weight excluding hydrogens is 272 g/mol. The Balaban J connectivity index is 1.72. The molecule has 0 heterocycles. The van der Waals surface area contributed by atoms with Gasteiger partial charge < -0.3 is 9.84 Å². The lowest BCUT2D eigenvalue weighted by Gasteiger charge is -2.50. The van der Waals surface area contributed by atoms with E-state index in [1.54, 1.807) is 18.2 Å². The topological polar surface area (TPSA) is 29.5 Å². The van der Waals surface area contributed by atoms with E-state index < -0.39 is 0 Å². The smallest absolute Gasteiger partial charge is 0.122 e. The van der Waals surface area contributed by atoms with Gasteiger partial charge in [-0.3, -0.25) is 0 Å². The zero-order valence-electron chi connectivity index (χ0n) is 14.1. The SMILES string of the molecule is COc1ccc2c(c1C)CC[C@@H]1[C@@H]2CC[C@]2(C)C(O)CC[C@@H]12. The molecule has 1 aromatic rings. The first-order valence-electron chi connectivity index (χ1n) is 8.90. The van der Waals surface area contributed by atoms with Crippen LogP contribution in [-0.4, -0.2) is 18.3 Å². The Bertz CT molecular complexity index is 594. The van der Waals surface area contributed by atoms with Gasteiger partial charge in [0.25, 0.3) is 0 Å². The Labute approximate surface area is 133 Å². The van der Waals surface area contributed by atoms with E-state index in [0.29, 0.717) is 5.92 Å². The number of fused-ring (bicyclic) bond motifs is 5. The summed E-state index contributed by atoms with van der Waals surface area (Å²) in [6.45, 7) is 4.56. The van der Waals surface area contributed by atoms with Crippen LogP contribution in [-0.2, 0) is 6.42 Å². The van der Waals surface area contributed by atoms with Crippen molar-refractivity contribution in [3.05, 3.63) is 28.8 Å². The molecule has 0 aliphatic heterocycles. The summed E-state index contributed by atoms with van der Waals surface area (Å²) >= 11 is 0. The third-order valence-electron chi connectivity index (χ3n) is 7.32. The second-order valence-corrected chi connectivity index (χ2v) is 8.01. The van der Waals surface area contributed by atoms with Crippen LogP contribution < -0.4 is 4.74 Å². The number of aliphatic hydroxyl groups is 1. The molecule has 4 rings (SSSR count). The molecule has 2 heteroatoms. The minimum absolute atomic E-state index is 0.0718. The van der Waals surface area contributed by atoms with Crippen molar-refractivity contribution in [2.75, 3.05) is 7.11 Å². The summed E-state index contributed by atoms with van der Waals surface area (Å²) in [6.07, 6.45) is 7.07. The van der Waals surface area contributed by atoms with Crippen molar-refractivity contribution < 1.29 is 9.84 Å². The van der Waals surface area contributed by atoms with E-state index in [1.165, 1.54) is 37.7 Å². The van der Waals surface area contributed by atoms with E-state index in [4.69, 9.17) is 4.74 Å². The number of aliphatic hydroxyl groups excluding tert-OH is 1. The third-order valence-corrected chi connectivity index (χ3v) is 7.32. The van der Waals surface area contributed by atoms with Gasteiger partial charge in [-0.05, 0) is 91.4 Å². The van der Waals surface area contributed by atoms with Crippen molar-refractivity contribution in [1.29, 1.82) is 0 Å². The Hall–Kier alpha value is -1.02. The molecule has 3 aliphatic rings. The summed E-state index contributed by atoms with van der Waals surface area (Å²) in [5, 5.41) is 10.5. The quantitative estimate of drug-likeness (QED) is 0.841. The Morgan fingerprint density at radius 2 is 2.00 bits per heavy atom. The fourth-order valence-corrected chi connectivity index (χ4v) is 6.02. The Morgan fingerprint density at radius 1 is 1.18 bits per heavy atom. The van der Waals surface area contributed by atoms with Crippen LogP contribution in [0, 0.1) is 24.2 Å². The van der Waals surface area contributed by atoms with Crippen molar-refractivity contribution in [3.63, 3.8) is 0 Å². The summed E-state index contributed by atoms with van der Waals surface area (Å²) in [5.74, 6) is 3.24. The molecule has 3 aliphatic carbocycles. The minimum atomic E-state index is -0.0718. The molecule has 1 aromatic carbocycles. The second-order valence-electron chi connectivity index (χ2n) is 8.01. The van der Waals surface area contributed by atoms with Gasteiger partial charge in [0.2, 0.25) is 0 Å². The van der Waals surface area contributed by atoms with Gasteiger partial charge in [-0.1, -0.05) is 13.0 Å². The highest BCUT2D eigenvalue weighted by Gasteiger charge is 2.54. The lowest BCUT2D eigenvalue weighted by atomic mass is 9.55. The number of hydrogen-bond acceptors (Lipinski definition) is 2. The molecule has 0 spiro atoms. The molecule has 2 saturated carbocycles. The standard InChI is InChI=1S/C20H28O2/c1-12-13-4-5-16-15(14(13)6-8-18(12)22-3)10-11-20(2)17(16)7-9-19(20)21/h6,8,15-17,19,21H,4-5,7,9-11H2,1-3H3/t15-,16-,17+,19?,20+/m1/s1. The van der Waals surface area contributed by atoms with Crippen LogP contribution in [0.5, 0.6) is 5.75 Å². The number of ether oxygens (including phenoxy) is 1. The van der Waals surface area contributed by atoms with Gasteiger partial charge in [-0.15, -0.1) is 0 Å². The lowest BCUT2D eigenvalue weighted by Crippen LogP contribution is -2.44. The van der Waals surface area contributed by atoms with Crippen LogP contribution in [0.15, 0.2) is 12.1 Å². The zero-order chi connectivity index (χ0) is 15.5. The highest BCUT2D eigenvalue weighted by Crippen LogP contribution is 2.61. The summed E-state index contributed by atoms with van der Waals surface area (Å²) in [5.41, 5.74) is 4.65. The molecule has 2 nitrogen and oxygen atoms in total. The summed E-state index contributed by atoms with van der Waals surface area (Å²) in [6, 6.07) is 4.49. The maximum Gasteiger partial charge on any atom is 0.122 e. The Morgan fingerprint density at radius 3 is 2.77 bits per heavy atom. The highest BCUT2D eigenvalue weighted by molar-refractivity contribution is 5.47. The predicted molar refractivity (Wildman–Crippen MR) is 88.4 cm³/mol. The van der Waals surface area contributed by atoms with Gasteiger partial charge in [0.15, 0.2) is 0 Å². The minimum Gasteiger partial charge on any atom is -0.496 e. The predicted octanol–water partition coefficient (Wildman–Crippen LogP) is 4.22. The van der Waals surface area contributed by atoms with Gasteiger partial charge in [0.05, 0.1) is 13.2 Å². The Kier molecular flexibility index (Phi) is 3.30. The lowest BCUT2D eigenvalue weighted by molar-refractivity contribution is -0.0226. The first-order valence-corrected chi connectivity index (χ1v) is 8.90. The van der Waals surface area contributed by atoms with E-state index in [-0.39, 0.29) is 11.5 Å². The summed E-state index contributed by atoms with van der Waals surface area (Å²) in [7, 11) is 1.77. The molecule has 1 unspecified atom stereocenters.